The van der Waals surface area contributed by atoms with Gasteiger partial charge in [0.05, 0.1) is 11.7 Å². The molecule has 0 aromatic heterocycles. The average Bonchev–Trinajstić information content (AvgIpc) is 2.62. The molecule has 1 saturated carbocycles. The van der Waals surface area contributed by atoms with E-state index in [4.69, 9.17) is 4.74 Å². The van der Waals surface area contributed by atoms with Crippen LogP contribution in [0.25, 0.3) is 0 Å². The average molecular weight is 223 g/mol. The first-order valence-electron chi connectivity index (χ1n) is 6.73. The second-order valence-electron chi connectivity index (χ2n) is 5.61. The van der Waals surface area contributed by atoms with E-state index in [2.05, 4.69) is 18.8 Å². The molecular formula is C14H25NO. The van der Waals surface area contributed by atoms with E-state index in [9.17, 15) is 0 Å². The number of hydrogen-bond acceptors (Lipinski definition) is 2. The zero-order valence-corrected chi connectivity index (χ0v) is 10.6. The van der Waals surface area contributed by atoms with Crippen molar-refractivity contribution in [3.8, 4) is 0 Å². The molecule has 1 N–H and O–H groups in total. The highest BCUT2D eigenvalue weighted by Gasteiger charge is 2.40. The van der Waals surface area contributed by atoms with Crippen LogP contribution in [0.3, 0.4) is 0 Å². The van der Waals surface area contributed by atoms with Crippen LogP contribution in [0.2, 0.25) is 0 Å². The molecule has 1 saturated heterocycles. The molecule has 0 amide bonds. The lowest BCUT2D eigenvalue weighted by Crippen LogP contribution is -2.34. The molecule has 2 nitrogen and oxygen atoms in total. The number of hydrogen-bond donors (Lipinski definition) is 1. The fourth-order valence-electron chi connectivity index (χ4n) is 3.05. The van der Waals surface area contributed by atoms with Gasteiger partial charge in [0.15, 0.2) is 0 Å². The van der Waals surface area contributed by atoms with Crippen molar-refractivity contribution in [2.45, 2.75) is 63.6 Å². The molecule has 2 fully saturated rings. The fraction of sp³-hybridized carbons (Fsp3) is 0.857. The van der Waals surface area contributed by atoms with Crippen LogP contribution in [-0.4, -0.2) is 24.8 Å². The number of ether oxygens (including phenoxy) is 1. The zero-order valence-electron chi connectivity index (χ0n) is 10.6. The molecule has 1 aliphatic heterocycles. The standard InChI is InChI=1S/C14H25NO/c1-12(2)10-15-11-13-6-9-14(16-13)7-4-3-5-8-14/h13,15H,1,3-11H2,2H3. The zero-order chi connectivity index (χ0) is 11.4. The molecule has 1 unspecified atom stereocenters. The molecule has 0 aromatic carbocycles. The molecule has 2 aliphatic rings. The molecule has 2 rings (SSSR count). The van der Waals surface area contributed by atoms with E-state index in [-0.39, 0.29) is 5.60 Å². The lowest BCUT2D eigenvalue weighted by molar-refractivity contribution is -0.0621. The Balaban J connectivity index is 1.72. The van der Waals surface area contributed by atoms with Crippen molar-refractivity contribution >= 4 is 0 Å². The maximum absolute atomic E-state index is 6.28. The first kappa shape index (κ1) is 12.1. The van der Waals surface area contributed by atoms with Gasteiger partial charge in [0.1, 0.15) is 0 Å². The maximum Gasteiger partial charge on any atom is 0.0708 e. The summed E-state index contributed by atoms with van der Waals surface area (Å²) in [7, 11) is 0. The fourth-order valence-corrected chi connectivity index (χ4v) is 3.05. The molecule has 1 heterocycles. The summed E-state index contributed by atoms with van der Waals surface area (Å²) in [6.45, 7) is 7.88. The van der Waals surface area contributed by atoms with Gasteiger partial charge in [-0.1, -0.05) is 31.4 Å². The third-order valence-electron chi connectivity index (χ3n) is 3.90. The van der Waals surface area contributed by atoms with Crippen molar-refractivity contribution in [1.82, 2.24) is 5.32 Å². The third-order valence-corrected chi connectivity index (χ3v) is 3.90. The Kier molecular flexibility index (Phi) is 4.04. The van der Waals surface area contributed by atoms with Gasteiger partial charge in [0.2, 0.25) is 0 Å². The Hall–Kier alpha value is -0.340. The molecule has 1 atom stereocenters. The van der Waals surface area contributed by atoms with Gasteiger partial charge in [0.25, 0.3) is 0 Å². The predicted molar refractivity (Wildman–Crippen MR) is 67.6 cm³/mol. The quantitative estimate of drug-likeness (QED) is 0.740. The van der Waals surface area contributed by atoms with E-state index in [1.807, 2.05) is 0 Å². The summed E-state index contributed by atoms with van der Waals surface area (Å²) >= 11 is 0. The van der Waals surface area contributed by atoms with Crippen LogP contribution in [0.1, 0.15) is 51.9 Å². The molecule has 0 bridgehead atoms. The Morgan fingerprint density at radius 2 is 2.06 bits per heavy atom. The summed E-state index contributed by atoms with van der Waals surface area (Å²) in [5, 5.41) is 3.42. The lowest BCUT2D eigenvalue weighted by Gasteiger charge is -2.33. The van der Waals surface area contributed by atoms with Crippen molar-refractivity contribution in [2.24, 2.45) is 0 Å². The van der Waals surface area contributed by atoms with Crippen LogP contribution >= 0.6 is 0 Å². The van der Waals surface area contributed by atoms with Crippen molar-refractivity contribution in [3.63, 3.8) is 0 Å². The molecule has 16 heavy (non-hydrogen) atoms. The summed E-state index contributed by atoms with van der Waals surface area (Å²) in [4.78, 5) is 0. The Morgan fingerprint density at radius 1 is 1.31 bits per heavy atom. The van der Waals surface area contributed by atoms with Gasteiger partial charge in [-0.05, 0) is 32.6 Å². The van der Waals surface area contributed by atoms with Crippen molar-refractivity contribution in [2.75, 3.05) is 13.1 Å². The molecule has 1 spiro atoms. The molecule has 92 valence electrons. The lowest BCUT2D eigenvalue weighted by atomic mass is 9.83. The minimum absolute atomic E-state index is 0.272. The minimum Gasteiger partial charge on any atom is -0.370 e. The maximum atomic E-state index is 6.28. The van der Waals surface area contributed by atoms with E-state index in [0.717, 1.165) is 13.1 Å². The predicted octanol–water partition coefficient (Wildman–Crippen LogP) is 3.03. The summed E-state index contributed by atoms with van der Waals surface area (Å²) in [6, 6.07) is 0. The summed E-state index contributed by atoms with van der Waals surface area (Å²) < 4.78 is 6.28. The highest BCUT2D eigenvalue weighted by atomic mass is 16.5. The Bertz CT molecular complexity index is 243. The Labute approximate surface area is 99.4 Å². The van der Waals surface area contributed by atoms with Crippen molar-refractivity contribution < 1.29 is 4.74 Å². The van der Waals surface area contributed by atoms with Gasteiger partial charge in [-0.2, -0.15) is 0 Å². The van der Waals surface area contributed by atoms with E-state index in [1.54, 1.807) is 0 Å². The van der Waals surface area contributed by atoms with E-state index in [1.165, 1.54) is 50.5 Å². The van der Waals surface area contributed by atoms with Crippen LogP contribution in [0, 0.1) is 0 Å². The van der Waals surface area contributed by atoms with Crippen LogP contribution in [0.15, 0.2) is 12.2 Å². The van der Waals surface area contributed by atoms with Gasteiger partial charge >= 0.3 is 0 Å². The van der Waals surface area contributed by atoms with Crippen molar-refractivity contribution in [1.29, 1.82) is 0 Å². The van der Waals surface area contributed by atoms with Gasteiger partial charge in [-0.15, -0.1) is 0 Å². The largest absolute Gasteiger partial charge is 0.370 e. The van der Waals surface area contributed by atoms with Crippen LogP contribution in [0.4, 0.5) is 0 Å². The van der Waals surface area contributed by atoms with Crippen LogP contribution in [0.5, 0.6) is 0 Å². The van der Waals surface area contributed by atoms with Gasteiger partial charge in [0, 0.05) is 13.1 Å². The van der Waals surface area contributed by atoms with Crippen molar-refractivity contribution in [3.05, 3.63) is 12.2 Å². The van der Waals surface area contributed by atoms with E-state index in [0.29, 0.717) is 6.10 Å². The molecule has 1 aliphatic carbocycles. The van der Waals surface area contributed by atoms with Crippen LogP contribution < -0.4 is 5.32 Å². The first-order chi connectivity index (χ1) is 7.70. The molecule has 2 heteroatoms. The number of rotatable bonds is 4. The third kappa shape index (κ3) is 3.08. The Morgan fingerprint density at radius 3 is 2.75 bits per heavy atom. The molecule has 0 aromatic rings. The van der Waals surface area contributed by atoms with Gasteiger partial charge in [-0.3, -0.25) is 0 Å². The van der Waals surface area contributed by atoms with E-state index >= 15 is 0 Å². The van der Waals surface area contributed by atoms with E-state index < -0.39 is 0 Å². The van der Waals surface area contributed by atoms with Gasteiger partial charge < -0.3 is 10.1 Å². The SMILES string of the molecule is C=C(C)CNCC1CCC2(CCCCC2)O1. The summed E-state index contributed by atoms with van der Waals surface area (Å²) in [5.74, 6) is 0. The van der Waals surface area contributed by atoms with Crippen LogP contribution in [-0.2, 0) is 4.74 Å². The second-order valence-corrected chi connectivity index (χ2v) is 5.61. The smallest absolute Gasteiger partial charge is 0.0708 e. The second kappa shape index (κ2) is 5.33. The number of nitrogens with one attached hydrogen (secondary N) is 1. The molecular weight excluding hydrogens is 198 g/mol. The highest BCUT2D eigenvalue weighted by molar-refractivity contribution is 4.94. The first-order valence-corrected chi connectivity index (χ1v) is 6.73. The minimum atomic E-state index is 0.272. The summed E-state index contributed by atoms with van der Waals surface area (Å²) in [6.07, 6.45) is 9.70. The topological polar surface area (TPSA) is 21.3 Å². The monoisotopic (exact) mass is 223 g/mol. The molecule has 0 radical (unpaired) electrons. The van der Waals surface area contributed by atoms with Gasteiger partial charge in [-0.25, -0.2) is 0 Å². The normalized spacial score (nSPS) is 28.4. The summed E-state index contributed by atoms with van der Waals surface area (Å²) in [5.41, 5.74) is 1.47. The highest BCUT2D eigenvalue weighted by Crippen LogP contribution is 2.41.